The summed E-state index contributed by atoms with van der Waals surface area (Å²) in [6.45, 7) is 3.17. The zero-order valence-electron chi connectivity index (χ0n) is 11.4. The normalized spacial score (nSPS) is 12.8. The summed E-state index contributed by atoms with van der Waals surface area (Å²) in [5.41, 5.74) is 1.26. The van der Waals surface area contributed by atoms with E-state index in [0.29, 0.717) is 0 Å². The molecule has 5 heteroatoms. The smallest absolute Gasteiger partial charge is 0.169 e. The van der Waals surface area contributed by atoms with Gasteiger partial charge in [-0.05, 0) is 59.4 Å². The van der Waals surface area contributed by atoms with Crippen molar-refractivity contribution in [1.82, 2.24) is 15.1 Å². The van der Waals surface area contributed by atoms with E-state index in [2.05, 4.69) is 39.5 Å². The second-order valence-electron chi connectivity index (χ2n) is 4.71. The van der Waals surface area contributed by atoms with E-state index >= 15 is 0 Å². The first-order chi connectivity index (χ1) is 9.19. The molecule has 4 nitrogen and oxygen atoms in total. The second kappa shape index (κ2) is 6.91. The van der Waals surface area contributed by atoms with E-state index in [0.717, 1.165) is 36.2 Å². The summed E-state index contributed by atoms with van der Waals surface area (Å²) in [7, 11) is 1.94. The highest BCUT2D eigenvalue weighted by molar-refractivity contribution is 9.10. The van der Waals surface area contributed by atoms with Crippen LogP contribution in [0.1, 0.15) is 37.1 Å². The van der Waals surface area contributed by atoms with Crippen molar-refractivity contribution in [2.75, 3.05) is 6.54 Å². The number of aromatic nitrogens is 2. The van der Waals surface area contributed by atoms with Crippen molar-refractivity contribution in [3.05, 3.63) is 40.5 Å². The molecule has 1 N–H and O–H groups in total. The summed E-state index contributed by atoms with van der Waals surface area (Å²) < 4.78 is 8.29. The highest BCUT2D eigenvalue weighted by atomic mass is 79.9. The SMILES string of the molecule is CCCNC(CCc1cnn(C)c1)c1ccc(Br)o1. The average Bonchev–Trinajstić information content (AvgIpc) is 2.99. The zero-order valence-corrected chi connectivity index (χ0v) is 13.0. The van der Waals surface area contributed by atoms with Crippen molar-refractivity contribution < 1.29 is 4.42 Å². The van der Waals surface area contributed by atoms with Crippen LogP contribution in [0.5, 0.6) is 0 Å². The van der Waals surface area contributed by atoms with Crippen LogP contribution in [0.2, 0.25) is 0 Å². The van der Waals surface area contributed by atoms with Crippen LogP contribution in [0.15, 0.2) is 33.6 Å². The van der Waals surface area contributed by atoms with Crippen molar-refractivity contribution >= 4 is 15.9 Å². The summed E-state index contributed by atoms with van der Waals surface area (Å²) in [4.78, 5) is 0. The highest BCUT2D eigenvalue weighted by Gasteiger charge is 2.15. The number of hydrogen-bond acceptors (Lipinski definition) is 3. The van der Waals surface area contributed by atoms with Gasteiger partial charge in [0, 0.05) is 13.2 Å². The van der Waals surface area contributed by atoms with Gasteiger partial charge in [-0.15, -0.1) is 0 Å². The molecule has 0 aromatic carbocycles. The number of rotatable bonds is 7. The third kappa shape index (κ3) is 4.21. The van der Waals surface area contributed by atoms with E-state index < -0.39 is 0 Å². The first-order valence-electron chi connectivity index (χ1n) is 6.65. The van der Waals surface area contributed by atoms with Crippen LogP contribution in [-0.4, -0.2) is 16.3 Å². The Balaban J connectivity index is 1.97. The maximum absolute atomic E-state index is 5.67. The Bertz CT molecular complexity index is 506. The van der Waals surface area contributed by atoms with Gasteiger partial charge in [-0.2, -0.15) is 5.10 Å². The molecule has 1 atom stereocenters. The van der Waals surface area contributed by atoms with Gasteiger partial charge >= 0.3 is 0 Å². The first-order valence-corrected chi connectivity index (χ1v) is 7.44. The Hall–Kier alpha value is -1.07. The molecule has 19 heavy (non-hydrogen) atoms. The van der Waals surface area contributed by atoms with Crippen molar-refractivity contribution in [3.63, 3.8) is 0 Å². The van der Waals surface area contributed by atoms with E-state index in [4.69, 9.17) is 4.42 Å². The minimum atomic E-state index is 0.256. The quantitative estimate of drug-likeness (QED) is 0.847. The lowest BCUT2D eigenvalue weighted by Crippen LogP contribution is -2.22. The highest BCUT2D eigenvalue weighted by Crippen LogP contribution is 2.24. The number of nitrogens with zero attached hydrogens (tertiary/aromatic N) is 2. The molecular formula is C14H20BrN3O. The van der Waals surface area contributed by atoms with Crippen LogP contribution < -0.4 is 5.32 Å². The maximum atomic E-state index is 5.67. The summed E-state index contributed by atoms with van der Waals surface area (Å²) in [5, 5.41) is 7.73. The van der Waals surface area contributed by atoms with Gasteiger partial charge in [0.05, 0.1) is 12.2 Å². The number of nitrogens with one attached hydrogen (secondary N) is 1. The molecule has 0 aliphatic carbocycles. The molecule has 1 unspecified atom stereocenters. The fraction of sp³-hybridized carbons (Fsp3) is 0.500. The minimum Gasteiger partial charge on any atom is -0.453 e. The molecule has 0 spiro atoms. The molecular weight excluding hydrogens is 306 g/mol. The van der Waals surface area contributed by atoms with E-state index in [1.54, 1.807) is 0 Å². The van der Waals surface area contributed by atoms with Crippen molar-refractivity contribution in [3.8, 4) is 0 Å². The Labute approximate surface area is 122 Å². The predicted octanol–water partition coefficient (Wildman–Crippen LogP) is 3.45. The molecule has 0 aliphatic heterocycles. The summed E-state index contributed by atoms with van der Waals surface area (Å²) >= 11 is 3.36. The van der Waals surface area contributed by atoms with Gasteiger partial charge in [0.2, 0.25) is 0 Å². The van der Waals surface area contributed by atoms with Crippen LogP contribution in [-0.2, 0) is 13.5 Å². The van der Waals surface area contributed by atoms with Crippen LogP contribution >= 0.6 is 15.9 Å². The molecule has 0 saturated heterocycles. The Morgan fingerprint density at radius 3 is 2.89 bits per heavy atom. The van der Waals surface area contributed by atoms with Gasteiger partial charge in [0.15, 0.2) is 4.67 Å². The molecule has 2 aromatic heterocycles. The molecule has 104 valence electrons. The van der Waals surface area contributed by atoms with E-state index in [1.165, 1.54) is 5.56 Å². The van der Waals surface area contributed by atoms with Gasteiger partial charge in [-0.1, -0.05) is 6.92 Å². The second-order valence-corrected chi connectivity index (χ2v) is 5.49. The molecule has 0 radical (unpaired) electrons. The van der Waals surface area contributed by atoms with E-state index in [1.807, 2.05) is 30.1 Å². The lowest BCUT2D eigenvalue weighted by atomic mass is 10.1. The Morgan fingerprint density at radius 2 is 2.32 bits per heavy atom. The van der Waals surface area contributed by atoms with Crippen molar-refractivity contribution in [1.29, 1.82) is 0 Å². The predicted molar refractivity (Wildman–Crippen MR) is 79.0 cm³/mol. The number of halogens is 1. The summed E-state index contributed by atoms with van der Waals surface area (Å²) in [6, 6.07) is 4.23. The fourth-order valence-corrected chi connectivity index (χ4v) is 2.41. The van der Waals surface area contributed by atoms with Gasteiger partial charge < -0.3 is 9.73 Å². The number of hydrogen-bond donors (Lipinski definition) is 1. The van der Waals surface area contributed by atoms with Gasteiger partial charge in [-0.25, -0.2) is 0 Å². The molecule has 2 aromatic rings. The molecule has 0 bridgehead atoms. The standard InChI is InChI=1S/C14H20BrN3O/c1-3-8-16-12(13-6-7-14(15)19-13)5-4-11-9-17-18(2)10-11/h6-7,9-10,12,16H,3-5,8H2,1-2H3. The van der Waals surface area contributed by atoms with Crippen molar-refractivity contribution in [2.24, 2.45) is 7.05 Å². The van der Waals surface area contributed by atoms with Crippen molar-refractivity contribution in [2.45, 2.75) is 32.2 Å². The molecule has 0 aliphatic rings. The summed E-state index contributed by atoms with van der Waals surface area (Å²) in [6.07, 6.45) is 7.11. The molecule has 2 heterocycles. The first kappa shape index (κ1) is 14.3. The molecule has 0 fully saturated rings. The average molecular weight is 326 g/mol. The summed E-state index contributed by atoms with van der Waals surface area (Å²) in [5.74, 6) is 0.990. The lowest BCUT2D eigenvalue weighted by molar-refractivity contribution is 0.387. The van der Waals surface area contributed by atoms with Crippen LogP contribution in [0.25, 0.3) is 0 Å². The van der Waals surface area contributed by atoms with Gasteiger partial charge in [-0.3, -0.25) is 4.68 Å². The molecule has 0 saturated carbocycles. The molecule has 0 amide bonds. The Kier molecular flexibility index (Phi) is 5.22. The number of aryl methyl sites for hydroxylation is 2. The minimum absolute atomic E-state index is 0.256. The monoisotopic (exact) mass is 325 g/mol. The lowest BCUT2D eigenvalue weighted by Gasteiger charge is -2.15. The Morgan fingerprint density at radius 1 is 1.47 bits per heavy atom. The van der Waals surface area contributed by atoms with E-state index in [-0.39, 0.29) is 6.04 Å². The third-order valence-electron chi connectivity index (χ3n) is 3.06. The fourth-order valence-electron chi connectivity index (χ4n) is 2.09. The van der Waals surface area contributed by atoms with Crippen LogP contribution in [0.4, 0.5) is 0 Å². The maximum Gasteiger partial charge on any atom is 0.169 e. The van der Waals surface area contributed by atoms with Crippen LogP contribution in [0.3, 0.4) is 0 Å². The third-order valence-corrected chi connectivity index (χ3v) is 3.48. The van der Waals surface area contributed by atoms with Gasteiger partial charge in [0.1, 0.15) is 5.76 Å². The topological polar surface area (TPSA) is 43.0 Å². The van der Waals surface area contributed by atoms with Gasteiger partial charge in [0.25, 0.3) is 0 Å². The largest absolute Gasteiger partial charge is 0.453 e. The van der Waals surface area contributed by atoms with E-state index in [9.17, 15) is 0 Å². The zero-order chi connectivity index (χ0) is 13.7. The number of furan rings is 1. The molecule has 2 rings (SSSR count). The van der Waals surface area contributed by atoms with Crippen LogP contribution in [0, 0.1) is 0 Å².